The van der Waals surface area contributed by atoms with E-state index in [1.54, 1.807) is 0 Å². The number of carbonyl (C=O) groups excluding carboxylic acids is 1. The normalized spacial score (nSPS) is 40.9. The third kappa shape index (κ3) is 3.31. The highest BCUT2D eigenvalue weighted by molar-refractivity contribution is 5.92. The first-order chi connectivity index (χ1) is 13.3. The second-order valence-corrected chi connectivity index (χ2v) is 6.96. The van der Waals surface area contributed by atoms with Crippen LogP contribution >= 0.6 is 0 Å². The summed E-state index contributed by atoms with van der Waals surface area (Å²) >= 11 is 0. The van der Waals surface area contributed by atoms with Crippen LogP contribution in [0.25, 0.3) is 0 Å². The van der Waals surface area contributed by atoms with Gasteiger partial charge in [-0.1, -0.05) is 0 Å². The minimum absolute atomic E-state index is 0.0940. The maximum absolute atomic E-state index is 12.3. The van der Waals surface area contributed by atoms with Gasteiger partial charge < -0.3 is 49.2 Å². The fourth-order valence-corrected chi connectivity index (χ4v) is 3.22. The summed E-state index contributed by atoms with van der Waals surface area (Å²) in [4.78, 5) is 12.3. The Kier molecular flexibility index (Phi) is 4.91. The van der Waals surface area contributed by atoms with Gasteiger partial charge in [0, 0.05) is 0 Å². The van der Waals surface area contributed by atoms with E-state index in [-0.39, 0.29) is 23.7 Å². The van der Waals surface area contributed by atoms with Gasteiger partial charge in [-0.2, -0.15) is 0 Å². The van der Waals surface area contributed by atoms with Crippen molar-refractivity contribution in [3.63, 3.8) is 0 Å². The van der Waals surface area contributed by atoms with Crippen LogP contribution < -0.4 is 4.74 Å². The van der Waals surface area contributed by atoms with Crippen LogP contribution in [0.1, 0.15) is 10.4 Å². The molecule has 11 nitrogen and oxygen atoms in total. The topological polar surface area (TPSA) is 164 Å². The smallest absolute Gasteiger partial charge is 0.342 e. The number of fused-ring (bicyclic) bond motifs is 5. The molecule has 4 bridgehead atoms. The van der Waals surface area contributed by atoms with Gasteiger partial charge in [-0.25, -0.2) is 4.79 Å². The fourth-order valence-electron chi connectivity index (χ4n) is 3.22. The van der Waals surface area contributed by atoms with Crippen molar-refractivity contribution in [2.75, 3.05) is 19.8 Å². The summed E-state index contributed by atoms with van der Waals surface area (Å²) in [7, 11) is 0. The first-order valence-corrected chi connectivity index (χ1v) is 8.60. The highest BCUT2D eigenvalue weighted by atomic mass is 16.8. The number of cyclic esters (lactones) is 1. The van der Waals surface area contributed by atoms with Gasteiger partial charge in [0.25, 0.3) is 0 Å². The zero-order chi connectivity index (χ0) is 20.1. The van der Waals surface area contributed by atoms with Crippen molar-refractivity contribution < 1.29 is 54.0 Å². The molecule has 2 saturated heterocycles. The summed E-state index contributed by atoms with van der Waals surface area (Å²) in [6.07, 6.45) is -8.29. The van der Waals surface area contributed by atoms with Gasteiger partial charge in [-0.15, -0.1) is 0 Å². The van der Waals surface area contributed by atoms with E-state index in [1.165, 1.54) is 18.2 Å². The van der Waals surface area contributed by atoms with Gasteiger partial charge in [0.15, 0.2) is 18.0 Å². The number of aliphatic hydroxyl groups excluding tert-OH is 3. The molecule has 2 fully saturated rings. The molecule has 0 spiro atoms. The zero-order valence-electron chi connectivity index (χ0n) is 14.5. The molecule has 0 aromatic heterocycles. The van der Waals surface area contributed by atoms with Crippen LogP contribution in [0.4, 0.5) is 0 Å². The molecule has 7 atom stereocenters. The Morgan fingerprint density at radius 1 is 1.07 bits per heavy atom. The van der Waals surface area contributed by atoms with Gasteiger partial charge >= 0.3 is 5.97 Å². The number of rotatable bonds is 0. The molecule has 28 heavy (non-hydrogen) atoms. The Morgan fingerprint density at radius 2 is 1.86 bits per heavy atom. The van der Waals surface area contributed by atoms with Crippen molar-refractivity contribution in [3.8, 4) is 11.5 Å². The van der Waals surface area contributed by atoms with Crippen LogP contribution in [-0.4, -0.2) is 93.9 Å². The minimum Gasteiger partial charge on any atom is -0.507 e. The van der Waals surface area contributed by atoms with Gasteiger partial charge in [0.05, 0.1) is 13.2 Å². The summed E-state index contributed by atoms with van der Waals surface area (Å²) in [6, 6.07) is 3.76. The quantitative estimate of drug-likeness (QED) is 0.302. The van der Waals surface area contributed by atoms with Crippen molar-refractivity contribution in [2.45, 2.75) is 42.6 Å². The molecule has 1 aromatic carbocycles. The van der Waals surface area contributed by atoms with E-state index >= 15 is 0 Å². The number of phenolic OH excluding ortho intramolecular Hbond substituents is 1. The molecule has 0 saturated carbocycles. The van der Waals surface area contributed by atoms with Crippen LogP contribution in [0.15, 0.2) is 18.2 Å². The molecule has 5 N–H and O–H groups in total. The average molecular weight is 400 g/mol. The van der Waals surface area contributed by atoms with E-state index in [0.717, 1.165) is 0 Å². The van der Waals surface area contributed by atoms with E-state index in [4.69, 9.17) is 23.7 Å². The molecular weight excluding hydrogens is 380 g/mol. The van der Waals surface area contributed by atoms with E-state index < -0.39 is 61.8 Å². The molecular formula is C17H20O11. The summed E-state index contributed by atoms with van der Waals surface area (Å²) in [6.45, 7) is -1.31. The standard InChI is InChI=1S/C17H20O11/c18-9-2-1-7-3-8(9)14(22)25-5-17(23)6-26-16(13(17)21)28-12-11(20)10(19)4-24-15(12)27-7/h1-3,10-13,15-16,18-21,23H,4-6H2/t10-,11-,12-,13+,15+,16+,17-/m1/s1. The first-order valence-electron chi connectivity index (χ1n) is 8.60. The fraction of sp³-hybridized carbons (Fsp3) is 0.588. The van der Waals surface area contributed by atoms with Gasteiger partial charge in [0.2, 0.25) is 6.29 Å². The predicted octanol–water partition coefficient (Wildman–Crippen LogP) is -2.15. The second-order valence-electron chi connectivity index (χ2n) is 6.96. The van der Waals surface area contributed by atoms with Crippen LogP contribution in [0.2, 0.25) is 0 Å². The summed E-state index contributed by atoms with van der Waals surface area (Å²) in [5, 5.41) is 51.1. The molecule has 3 aliphatic rings. The Labute approximate surface area is 158 Å². The lowest BCUT2D eigenvalue weighted by atomic mass is 10.0. The lowest BCUT2D eigenvalue weighted by Crippen LogP contribution is -2.58. The first kappa shape index (κ1) is 19.3. The van der Waals surface area contributed by atoms with Crippen molar-refractivity contribution in [2.24, 2.45) is 0 Å². The molecule has 3 heterocycles. The lowest BCUT2D eigenvalue weighted by molar-refractivity contribution is -0.297. The minimum atomic E-state index is -1.98. The SMILES string of the molecule is O=C1OC[C@@]2(O)CO[C@@H](O[C@H]3[C@@H](OC[C@@H](O)[C@H]3O)Oc3ccc(O)c1c3)[C@@H]2O. The maximum atomic E-state index is 12.3. The number of aliphatic hydroxyl groups is 4. The monoisotopic (exact) mass is 400 g/mol. The zero-order valence-corrected chi connectivity index (χ0v) is 14.5. The van der Waals surface area contributed by atoms with E-state index in [1.807, 2.05) is 0 Å². The highest BCUT2D eigenvalue weighted by Crippen LogP contribution is 2.33. The van der Waals surface area contributed by atoms with Crippen LogP contribution in [0.5, 0.6) is 11.5 Å². The summed E-state index contributed by atoms with van der Waals surface area (Å²) < 4.78 is 26.8. The van der Waals surface area contributed by atoms with Gasteiger partial charge in [-0.3, -0.25) is 0 Å². The Hall–Kier alpha value is -1.99. The number of benzene rings is 1. The summed E-state index contributed by atoms with van der Waals surface area (Å²) in [5.41, 5.74) is -2.21. The molecule has 11 heteroatoms. The van der Waals surface area contributed by atoms with E-state index in [9.17, 15) is 30.3 Å². The van der Waals surface area contributed by atoms with Crippen LogP contribution in [-0.2, 0) is 18.9 Å². The molecule has 0 amide bonds. The van der Waals surface area contributed by atoms with Gasteiger partial charge in [-0.05, 0) is 18.2 Å². The number of aromatic hydroxyl groups is 1. The molecule has 154 valence electrons. The largest absolute Gasteiger partial charge is 0.507 e. The van der Waals surface area contributed by atoms with Gasteiger partial charge in [0.1, 0.15) is 42.0 Å². The molecule has 0 unspecified atom stereocenters. The number of esters is 1. The molecule has 0 radical (unpaired) electrons. The lowest BCUT2D eigenvalue weighted by Gasteiger charge is -2.39. The maximum Gasteiger partial charge on any atom is 0.342 e. The highest BCUT2D eigenvalue weighted by Gasteiger charge is 2.53. The van der Waals surface area contributed by atoms with Crippen molar-refractivity contribution in [1.29, 1.82) is 0 Å². The predicted molar refractivity (Wildman–Crippen MR) is 86.3 cm³/mol. The number of hydrogen-bond donors (Lipinski definition) is 5. The number of phenols is 1. The summed E-state index contributed by atoms with van der Waals surface area (Å²) in [5.74, 6) is -1.24. The number of ether oxygens (including phenoxy) is 5. The molecule has 4 rings (SSSR count). The molecule has 3 aliphatic heterocycles. The average Bonchev–Trinajstić information content (AvgIpc) is 2.95. The van der Waals surface area contributed by atoms with Crippen LogP contribution in [0.3, 0.4) is 0 Å². The third-order valence-corrected chi connectivity index (χ3v) is 4.92. The molecule has 1 aromatic rings. The van der Waals surface area contributed by atoms with Crippen molar-refractivity contribution in [1.82, 2.24) is 0 Å². The van der Waals surface area contributed by atoms with Crippen LogP contribution in [0, 0.1) is 0 Å². The van der Waals surface area contributed by atoms with Crippen molar-refractivity contribution in [3.05, 3.63) is 23.8 Å². The Balaban J connectivity index is 1.72. The Morgan fingerprint density at radius 3 is 2.64 bits per heavy atom. The number of carbonyl (C=O) groups is 1. The Bertz CT molecular complexity index is 755. The third-order valence-electron chi connectivity index (χ3n) is 4.92. The van der Waals surface area contributed by atoms with Crippen molar-refractivity contribution >= 4 is 5.97 Å². The molecule has 0 aliphatic carbocycles. The second kappa shape index (κ2) is 7.12. The number of hydrogen-bond acceptors (Lipinski definition) is 11. The van der Waals surface area contributed by atoms with E-state index in [2.05, 4.69) is 0 Å². The van der Waals surface area contributed by atoms with E-state index in [0.29, 0.717) is 0 Å².